The van der Waals surface area contributed by atoms with Crippen molar-refractivity contribution >= 4 is 30.8 Å². The molecule has 2 atom stereocenters. The summed E-state index contributed by atoms with van der Waals surface area (Å²) in [5.74, 6) is 2.28. The van der Waals surface area contributed by atoms with Crippen LogP contribution in [0, 0.1) is 11.8 Å². The molecule has 0 aliphatic heterocycles. The van der Waals surface area contributed by atoms with Gasteiger partial charge in [0.1, 0.15) is 23.9 Å². The van der Waals surface area contributed by atoms with Crippen molar-refractivity contribution in [1.29, 1.82) is 0 Å². The highest BCUT2D eigenvalue weighted by molar-refractivity contribution is 6.76. The lowest BCUT2D eigenvalue weighted by Gasteiger charge is -2.15. The van der Waals surface area contributed by atoms with Crippen LogP contribution < -0.4 is 14.8 Å². The van der Waals surface area contributed by atoms with Crippen molar-refractivity contribution in [3.8, 4) is 22.8 Å². The Labute approximate surface area is 231 Å². The molecule has 2 aliphatic carbocycles. The first-order valence-corrected chi connectivity index (χ1v) is 17.6. The van der Waals surface area contributed by atoms with Gasteiger partial charge in [-0.05, 0) is 63.5 Å². The predicted octanol–water partition coefficient (Wildman–Crippen LogP) is 5.10. The van der Waals surface area contributed by atoms with E-state index in [-0.39, 0.29) is 17.9 Å². The van der Waals surface area contributed by atoms with E-state index in [0.717, 1.165) is 59.8 Å². The van der Waals surface area contributed by atoms with Crippen molar-refractivity contribution in [3.05, 3.63) is 30.6 Å². The number of aromatic nitrogens is 3. The molecule has 2 aliphatic rings. The fourth-order valence-electron chi connectivity index (χ4n) is 4.82. The highest BCUT2D eigenvalue weighted by Crippen LogP contribution is 2.43. The molecule has 0 saturated heterocycles. The molecule has 2 fully saturated rings. The van der Waals surface area contributed by atoms with Crippen LogP contribution in [0.3, 0.4) is 0 Å². The van der Waals surface area contributed by atoms with Crippen LogP contribution in [-0.2, 0) is 16.3 Å². The summed E-state index contributed by atoms with van der Waals surface area (Å²) < 4.78 is 20.1. The Hall–Kier alpha value is -2.95. The average molecular weight is 552 g/mol. The van der Waals surface area contributed by atoms with Crippen molar-refractivity contribution in [2.45, 2.75) is 57.8 Å². The van der Waals surface area contributed by atoms with Gasteiger partial charge in [0.25, 0.3) is 0 Å². The number of hydrogen-bond acceptors (Lipinski definition) is 7. The van der Waals surface area contributed by atoms with Gasteiger partial charge in [0.15, 0.2) is 0 Å². The molecule has 0 radical (unpaired) electrons. The van der Waals surface area contributed by atoms with Gasteiger partial charge in [-0.15, -0.1) is 0 Å². The summed E-state index contributed by atoms with van der Waals surface area (Å²) in [4.78, 5) is 24.4. The highest BCUT2D eigenvalue weighted by atomic mass is 28.3. The number of nitrogens with zero attached hydrogens (tertiary/aromatic N) is 4. The van der Waals surface area contributed by atoms with Gasteiger partial charge < -0.3 is 29.0 Å². The quantitative estimate of drug-likeness (QED) is 0.234. The minimum Gasteiger partial charge on any atom is -0.490 e. The van der Waals surface area contributed by atoms with Crippen LogP contribution in [0.1, 0.15) is 19.3 Å². The Balaban J connectivity index is 1.46. The van der Waals surface area contributed by atoms with E-state index in [4.69, 9.17) is 19.2 Å². The second-order valence-electron chi connectivity index (χ2n) is 12.3. The lowest BCUT2D eigenvalue weighted by Crippen LogP contribution is -2.22. The van der Waals surface area contributed by atoms with Gasteiger partial charge in [-0.2, -0.15) is 0 Å². The van der Waals surface area contributed by atoms with Crippen molar-refractivity contribution in [2.75, 3.05) is 39.7 Å². The summed E-state index contributed by atoms with van der Waals surface area (Å²) in [5.41, 5.74) is 2.46. The molecular weight excluding hydrogens is 510 g/mol. The number of nitrogens with one attached hydrogen (secondary N) is 1. The van der Waals surface area contributed by atoms with E-state index in [0.29, 0.717) is 31.0 Å². The Morgan fingerprint density at radius 3 is 2.69 bits per heavy atom. The molecule has 1 N–H and O–H groups in total. The molecule has 0 bridgehead atoms. The predicted molar refractivity (Wildman–Crippen MR) is 156 cm³/mol. The molecule has 9 nitrogen and oxygen atoms in total. The number of anilines is 1. The van der Waals surface area contributed by atoms with Crippen LogP contribution in [-0.4, -0.2) is 73.9 Å². The normalized spacial score (nSPS) is 18.9. The zero-order valence-corrected chi connectivity index (χ0v) is 25.0. The Morgan fingerprint density at radius 2 is 2.00 bits per heavy atom. The third-order valence-electron chi connectivity index (χ3n) is 7.22. The minimum absolute atomic E-state index is 0.0347. The lowest BCUT2D eigenvalue weighted by molar-refractivity contribution is -0.117. The average Bonchev–Trinajstić information content (AvgIpc) is 3.80. The fourth-order valence-corrected chi connectivity index (χ4v) is 5.58. The summed E-state index contributed by atoms with van der Waals surface area (Å²) >= 11 is 0. The molecule has 1 amide bonds. The molecule has 2 saturated carbocycles. The molecular formula is C29H41N5O4Si. The molecule has 210 valence electrons. The molecule has 5 rings (SSSR count). The number of amides is 1. The smallest absolute Gasteiger partial charge is 0.228 e. The zero-order valence-electron chi connectivity index (χ0n) is 24.0. The second-order valence-corrected chi connectivity index (χ2v) is 17.9. The van der Waals surface area contributed by atoms with E-state index in [9.17, 15) is 4.79 Å². The van der Waals surface area contributed by atoms with E-state index < -0.39 is 8.07 Å². The first-order chi connectivity index (χ1) is 18.6. The van der Waals surface area contributed by atoms with Gasteiger partial charge in [-0.25, -0.2) is 9.97 Å². The van der Waals surface area contributed by atoms with E-state index in [1.165, 1.54) is 0 Å². The van der Waals surface area contributed by atoms with Gasteiger partial charge in [-0.1, -0.05) is 19.6 Å². The number of carbonyl (C=O) groups is 1. The maximum atomic E-state index is 12.9. The number of pyridine rings is 2. The number of hydrogen-bond donors (Lipinski definition) is 1. The van der Waals surface area contributed by atoms with Crippen LogP contribution >= 0.6 is 0 Å². The molecule has 39 heavy (non-hydrogen) atoms. The van der Waals surface area contributed by atoms with E-state index in [1.54, 1.807) is 13.3 Å². The molecule has 10 heteroatoms. The number of rotatable bonds is 13. The SMILES string of the molecule is COc1nccc(OC2CC2)c1-c1cn(COCC[Si](C)(C)C)c2nc(NC(=O)C3CC3CN(C)C)ccc12. The van der Waals surface area contributed by atoms with Crippen molar-refractivity contribution in [1.82, 2.24) is 19.4 Å². The second kappa shape index (κ2) is 11.3. The minimum atomic E-state index is -1.22. The van der Waals surface area contributed by atoms with Crippen molar-refractivity contribution < 1.29 is 19.0 Å². The molecule has 2 unspecified atom stereocenters. The molecule has 0 aromatic carbocycles. The van der Waals surface area contributed by atoms with E-state index >= 15 is 0 Å². The first-order valence-electron chi connectivity index (χ1n) is 13.9. The molecule has 3 heterocycles. The van der Waals surface area contributed by atoms with Gasteiger partial charge in [-0.3, -0.25) is 4.79 Å². The summed E-state index contributed by atoms with van der Waals surface area (Å²) in [6.07, 6.45) is 7.00. The molecule has 3 aromatic heterocycles. The molecule has 3 aromatic rings. The summed E-state index contributed by atoms with van der Waals surface area (Å²) in [6.45, 7) is 9.01. The number of ether oxygens (including phenoxy) is 3. The summed E-state index contributed by atoms with van der Waals surface area (Å²) in [5, 5.41) is 3.97. The van der Waals surface area contributed by atoms with Gasteiger partial charge in [0, 0.05) is 50.5 Å². The Morgan fingerprint density at radius 1 is 1.21 bits per heavy atom. The van der Waals surface area contributed by atoms with E-state index in [1.807, 2.05) is 43.1 Å². The topological polar surface area (TPSA) is 90.7 Å². The van der Waals surface area contributed by atoms with Crippen LogP contribution in [0.2, 0.25) is 25.7 Å². The fraction of sp³-hybridized carbons (Fsp3) is 0.552. The number of fused-ring (bicyclic) bond motifs is 1. The zero-order chi connectivity index (χ0) is 27.7. The number of methoxy groups -OCH3 is 1. The van der Waals surface area contributed by atoms with Crippen molar-refractivity contribution in [3.63, 3.8) is 0 Å². The standard InChI is InChI=1S/C29H41N5O4Si/c1-33(2)16-19-15-22(19)28(35)32-25-10-9-21-23(17-34(27(21)31-25)18-37-13-14-39(4,5)6)26-24(38-20-7-8-20)11-12-30-29(26)36-3/h9-12,17,19-20,22H,7-8,13-16,18H2,1-6H3,(H,31,32,35). The third kappa shape index (κ3) is 6.80. The van der Waals surface area contributed by atoms with Crippen LogP contribution in [0.25, 0.3) is 22.2 Å². The number of carbonyl (C=O) groups excluding carboxylic acids is 1. The van der Waals surface area contributed by atoms with Crippen molar-refractivity contribution in [2.24, 2.45) is 11.8 Å². The maximum Gasteiger partial charge on any atom is 0.228 e. The summed E-state index contributed by atoms with van der Waals surface area (Å²) in [6, 6.07) is 6.85. The first kappa shape index (κ1) is 27.6. The van der Waals surface area contributed by atoms with Gasteiger partial charge in [0.2, 0.25) is 11.8 Å². The largest absolute Gasteiger partial charge is 0.490 e. The monoisotopic (exact) mass is 551 g/mol. The van der Waals surface area contributed by atoms with Crippen LogP contribution in [0.15, 0.2) is 30.6 Å². The lowest BCUT2D eigenvalue weighted by atomic mass is 10.1. The van der Waals surface area contributed by atoms with Crippen LogP contribution in [0.5, 0.6) is 11.6 Å². The third-order valence-corrected chi connectivity index (χ3v) is 8.92. The molecule has 0 spiro atoms. The van der Waals surface area contributed by atoms with Gasteiger partial charge in [0.05, 0.1) is 18.8 Å². The highest BCUT2D eigenvalue weighted by Gasteiger charge is 2.43. The van der Waals surface area contributed by atoms with Gasteiger partial charge >= 0.3 is 0 Å². The maximum absolute atomic E-state index is 12.9. The van der Waals surface area contributed by atoms with E-state index in [2.05, 4.69) is 34.8 Å². The Kier molecular flexibility index (Phi) is 7.98. The Bertz CT molecular complexity index is 1330. The van der Waals surface area contributed by atoms with Crippen LogP contribution in [0.4, 0.5) is 5.82 Å². The summed E-state index contributed by atoms with van der Waals surface area (Å²) in [7, 11) is 4.49.